The van der Waals surface area contributed by atoms with Crippen molar-refractivity contribution in [2.75, 3.05) is 58.1 Å². The van der Waals surface area contributed by atoms with Crippen LogP contribution in [-0.2, 0) is 19.1 Å². The Labute approximate surface area is 123 Å². The molecule has 1 atom stereocenters. The van der Waals surface area contributed by atoms with Crippen LogP contribution >= 0.6 is 11.8 Å². The average Bonchev–Trinajstić information content (AvgIpc) is 2.47. The predicted molar refractivity (Wildman–Crippen MR) is 75.6 cm³/mol. The first-order valence-corrected chi connectivity index (χ1v) is 7.65. The zero-order chi connectivity index (χ0) is 14.8. The fourth-order valence-corrected chi connectivity index (χ4v) is 2.47. The first kappa shape index (κ1) is 17.2. The van der Waals surface area contributed by atoms with Crippen LogP contribution in [0.1, 0.15) is 0 Å². The number of aliphatic hydroxyl groups is 1. The quantitative estimate of drug-likeness (QED) is 0.580. The van der Waals surface area contributed by atoms with Gasteiger partial charge in [0.2, 0.25) is 11.8 Å². The van der Waals surface area contributed by atoms with Crippen LogP contribution in [0.3, 0.4) is 0 Å². The molecule has 1 unspecified atom stereocenters. The van der Waals surface area contributed by atoms with Gasteiger partial charge in [0.15, 0.2) is 0 Å². The number of thioether (sulfide) groups is 1. The summed E-state index contributed by atoms with van der Waals surface area (Å²) in [6.45, 7) is 2.48. The van der Waals surface area contributed by atoms with Crippen LogP contribution in [0.25, 0.3) is 0 Å². The molecule has 1 aliphatic heterocycles. The molecule has 1 rings (SSSR count). The number of hydrogen-bond acceptors (Lipinski definition) is 6. The summed E-state index contributed by atoms with van der Waals surface area (Å²) >= 11 is 1.27. The molecule has 0 spiro atoms. The summed E-state index contributed by atoms with van der Waals surface area (Å²) in [5, 5.41) is 11.7. The lowest BCUT2D eigenvalue weighted by atomic mass is 10.3. The van der Waals surface area contributed by atoms with Gasteiger partial charge in [-0.25, -0.2) is 0 Å². The molecule has 8 heteroatoms. The van der Waals surface area contributed by atoms with E-state index in [2.05, 4.69) is 5.32 Å². The van der Waals surface area contributed by atoms with Gasteiger partial charge in [0, 0.05) is 20.2 Å². The lowest BCUT2D eigenvalue weighted by molar-refractivity contribution is -0.132. The molecule has 0 bridgehead atoms. The third-order valence-electron chi connectivity index (χ3n) is 2.78. The van der Waals surface area contributed by atoms with Gasteiger partial charge in [0.25, 0.3) is 0 Å². The Balaban J connectivity index is 2.15. The van der Waals surface area contributed by atoms with Crippen molar-refractivity contribution in [1.29, 1.82) is 0 Å². The smallest absolute Gasteiger partial charge is 0.232 e. The van der Waals surface area contributed by atoms with Crippen LogP contribution < -0.4 is 5.32 Å². The summed E-state index contributed by atoms with van der Waals surface area (Å²) in [4.78, 5) is 25.2. The van der Waals surface area contributed by atoms with Crippen LogP contribution in [0.2, 0.25) is 0 Å². The zero-order valence-corrected chi connectivity index (χ0v) is 12.5. The van der Waals surface area contributed by atoms with Crippen molar-refractivity contribution >= 4 is 23.6 Å². The highest BCUT2D eigenvalue weighted by molar-refractivity contribution is 8.00. The molecule has 0 saturated carbocycles. The van der Waals surface area contributed by atoms with E-state index < -0.39 is 6.04 Å². The monoisotopic (exact) mass is 306 g/mol. The van der Waals surface area contributed by atoms with Crippen LogP contribution in [0.15, 0.2) is 0 Å². The highest BCUT2D eigenvalue weighted by Gasteiger charge is 2.17. The molecule has 0 aromatic heterocycles. The van der Waals surface area contributed by atoms with Gasteiger partial charge in [-0.05, 0) is 0 Å². The van der Waals surface area contributed by atoms with Crippen molar-refractivity contribution in [3.8, 4) is 0 Å². The van der Waals surface area contributed by atoms with Gasteiger partial charge in [-0.3, -0.25) is 9.59 Å². The summed E-state index contributed by atoms with van der Waals surface area (Å²) in [6.07, 6.45) is 0. The fraction of sp³-hybridized carbons (Fsp3) is 0.833. The molecule has 1 fully saturated rings. The topological polar surface area (TPSA) is 88.1 Å². The maximum Gasteiger partial charge on any atom is 0.232 e. The van der Waals surface area contributed by atoms with E-state index in [0.29, 0.717) is 26.3 Å². The molecule has 1 saturated heterocycles. The number of aliphatic hydroxyl groups excluding tert-OH is 1. The van der Waals surface area contributed by atoms with Crippen molar-refractivity contribution in [2.45, 2.75) is 6.04 Å². The predicted octanol–water partition coefficient (Wildman–Crippen LogP) is -1.30. The van der Waals surface area contributed by atoms with Gasteiger partial charge in [-0.1, -0.05) is 0 Å². The van der Waals surface area contributed by atoms with E-state index in [4.69, 9.17) is 14.6 Å². The van der Waals surface area contributed by atoms with Gasteiger partial charge in [0.05, 0.1) is 44.0 Å². The molecule has 1 aliphatic rings. The number of carbonyl (C=O) groups is 2. The molecule has 1 heterocycles. The number of methoxy groups -OCH3 is 1. The standard InChI is InChI=1S/C12H22N2O5S/c1-18-7-10(6-15)13-11(16)8-20-9-12(17)14-2-4-19-5-3-14/h10,15H,2-9H2,1H3,(H,13,16). The second-order valence-electron chi connectivity index (χ2n) is 4.39. The van der Waals surface area contributed by atoms with E-state index in [-0.39, 0.29) is 36.5 Å². The molecular formula is C12H22N2O5S. The van der Waals surface area contributed by atoms with Crippen molar-refractivity contribution in [1.82, 2.24) is 10.2 Å². The van der Waals surface area contributed by atoms with Crippen LogP contribution in [-0.4, -0.2) is 86.0 Å². The summed E-state index contributed by atoms with van der Waals surface area (Å²) in [5.74, 6) is 0.292. The summed E-state index contributed by atoms with van der Waals surface area (Å²) < 4.78 is 10.0. The van der Waals surface area contributed by atoms with Gasteiger partial charge < -0.3 is 24.8 Å². The molecule has 0 aromatic rings. The molecule has 0 aromatic carbocycles. The Morgan fingerprint density at radius 2 is 2.10 bits per heavy atom. The average molecular weight is 306 g/mol. The Morgan fingerprint density at radius 1 is 1.40 bits per heavy atom. The summed E-state index contributed by atoms with van der Waals surface area (Å²) in [6, 6.07) is -0.400. The minimum Gasteiger partial charge on any atom is -0.394 e. The number of rotatable bonds is 8. The highest BCUT2D eigenvalue weighted by Crippen LogP contribution is 2.05. The third-order valence-corrected chi connectivity index (χ3v) is 3.69. The van der Waals surface area contributed by atoms with E-state index >= 15 is 0 Å². The van der Waals surface area contributed by atoms with E-state index in [1.54, 1.807) is 4.90 Å². The number of nitrogens with zero attached hydrogens (tertiary/aromatic N) is 1. The zero-order valence-electron chi connectivity index (χ0n) is 11.7. The Kier molecular flexibility index (Phi) is 8.59. The third kappa shape index (κ3) is 6.56. The van der Waals surface area contributed by atoms with Crippen LogP contribution in [0, 0.1) is 0 Å². The number of morpholine rings is 1. The molecule has 7 nitrogen and oxygen atoms in total. The normalized spacial score (nSPS) is 16.8. The van der Waals surface area contributed by atoms with E-state index in [9.17, 15) is 9.59 Å². The molecule has 2 N–H and O–H groups in total. The maximum atomic E-state index is 11.8. The maximum absolute atomic E-state index is 11.8. The molecule has 0 radical (unpaired) electrons. The SMILES string of the molecule is COCC(CO)NC(=O)CSCC(=O)N1CCOCC1. The number of carbonyl (C=O) groups excluding carboxylic acids is 2. The van der Waals surface area contributed by atoms with Crippen LogP contribution in [0.5, 0.6) is 0 Å². The van der Waals surface area contributed by atoms with Crippen molar-refractivity contribution in [2.24, 2.45) is 0 Å². The Hall–Kier alpha value is -0.830. The first-order chi connectivity index (χ1) is 9.67. The number of nitrogens with one attached hydrogen (secondary N) is 1. The van der Waals surface area contributed by atoms with Gasteiger partial charge in [-0.15, -0.1) is 11.8 Å². The van der Waals surface area contributed by atoms with Gasteiger partial charge in [0.1, 0.15) is 0 Å². The summed E-state index contributed by atoms with van der Waals surface area (Å²) in [5.41, 5.74) is 0. The Bertz CT molecular complexity index is 310. The largest absolute Gasteiger partial charge is 0.394 e. The van der Waals surface area contributed by atoms with Gasteiger partial charge in [-0.2, -0.15) is 0 Å². The molecule has 0 aliphatic carbocycles. The molecule has 20 heavy (non-hydrogen) atoms. The molecular weight excluding hydrogens is 284 g/mol. The second kappa shape index (κ2) is 9.98. The minimum atomic E-state index is -0.400. The summed E-state index contributed by atoms with van der Waals surface area (Å²) in [7, 11) is 1.50. The number of amides is 2. The van der Waals surface area contributed by atoms with Crippen molar-refractivity contribution in [3.05, 3.63) is 0 Å². The van der Waals surface area contributed by atoms with Gasteiger partial charge >= 0.3 is 0 Å². The number of hydrogen-bond donors (Lipinski definition) is 2. The van der Waals surface area contributed by atoms with E-state index in [1.165, 1.54) is 18.9 Å². The lowest BCUT2D eigenvalue weighted by Gasteiger charge is -2.26. The highest BCUT2D eigenvalue weighted by atomic mass is 32.2. The fourth-order valence-electron chi connectivity index (χ4n) is 1.75. The second-order valence-corrected chi connectivity index (χ2v) is 5.37. The molecule has 116 valence electrons. The lowest BCUT2D eigenvalue weighted by Crippen LogP contribution is -2.43. The number of ether oxygens (including phenoxy) is 2. The molecule has 2 amide bonds. The minimum absolute atomic E-state index is 0.0294. The first-order valence-electron chi connectivity index (χ1n) is 6.49. The van der Waals surface area contributed by atoms with Crippen LogP contribution in [0.4, 0.5) is 0 Å². The van der Waals surface area contributed by atoms with Crippen molar-refractivity contribution < 1.29 is 24.2 Å². The Morgan fingerprint density at radius 3 is 2.70 bits per heavy atom. The van der Waals surface area contributed by atoms with E-state index in [1.807, 2.05) is 0 Å². The van der Waals surface area contributed by atoms with Crippen molar-refractivity contribution in [3.63, 3.8) is 0 Å². The van der Waals surface area contributed by atoms with E-state index in [0.717, 1.165) is 0 Å².